The van der Waals surface area contributed by atoms with Crippen LogP contribution in [0.25, 0.3) is 11.0 Å². The van der Waals surface area contributed by atoms with Crippen LogP contribution in [0.15, 0.2) is 65.3 Å². The lowest BCUT2D eigenvalue weighted by molar-refractivity contribution is -0.900. The number of rotatable bonds is 5. The molecule has 3 aromatic rings. The first-order valence-electron chi connectivity index (χ1n) is 8.63. The molecule has 4 nitrogen and oxygen atoms in total. The zero-order valence-corrected chi connectivity index (χ0v) is 13.8. The first-order chi connectivity index (χ1) is 11.9. The van der Waals surface area contributed by atoms with Crippen LogP contribution in [0.1, 0.15) is 0 Å². The van der Waals surface area contributed by atoms with Gasteiger partial charge < -0.3 is 19.0 Å². The second-order valence-corrected chi connectivity index (χ2v) is 6.26. The SMILES string of the molecule is c1ccc(OCC[NH+]2CCN(c3cccc4ccoc34)CC2)cc1. The predicted octanol–water partition coefficient (Wildman–Crippen LogP) is 2.22. The fourth-order valence-corrected chi connectivity index (χ4v) is 3.37. The first kappa shape index (κ1) is 15.1. The number of ether oxygens (including phenoxy) is 1. The van der Waals surface area contributed by atoms with Crippen LogP contribution < -0.4 is 14.5 Å². The first-order valence-corrected chi connectivity index (χ1v) is 8.63. The van der Waals surface area contributed by atoms with Crippen molar-refractivity contribution in [3.05, 3.63) is 60.9 Å². The summed E-state index contributed by atoms with van der Waals surface area (Å²) >= 11 is 0. The Bertz CT molecular complexity index is 776. The molecule has 124 valence electrons. The Balaban J connectivity index is 1.30. The van der Waals surface area contributed by atoms with Gasteiger partial charge in [-0.15, -0.1) is 0 Å². The molecular formula is C20H23N2O2+. The third-order valence-electron chi connectivity index (χ3n) is 4.74. The van der Waals surface area contributed by atoms with E-state index in [0.29, 0.717) is 0 Å². The summed E-state index contributed by atoms with van der Waals surface area (Å²) < 4.78 is 11.5. The van der Waals surface area contributed by atoms with Gasteiger partial charge in [-0.05, 0) is 24.3 Å². The molecule has 2 aromatic carbocycles. The van der Waals surface area contributed by atoms with Crippen molar-refractivity contribution in [3.63, 3.8) is 0 Å². The van der Waals surface area contributed by atoms with Crippen LogP contribution in [-0.2, 0) is 0 Å². The third kappa shape index (κ3) is 3.24. The van der Waals surface area contributed by atoms with Crippen molar-refractivity contribution in [1.29, 1.82) is 0 Å². The average Bonchev–Trinajstić information content (AvgIpc) is 3.12. The van der Waals surface area contributed by atoms with E-state index in [1.54, 1.807) is 11.2 Å². The smallest absolute Gasteiger partial charge is 0.157 e. The van der Waals surface area contributed by atoms with E-state index < -0.39 is 0 Å². The molecule has 1 saturated heterocycles. The van der Waals surface area contributed by atoms with Crippen molar-refractivity contribution in [2.75, 3.05) is 44.2 Å². The van der Waals surface area contributed by atoms with Crippen molar-refractivity contribution < 1.29 is 14.1 Å². The van der Waals surface area contributed by atoms with Gasteiger partial charge in [0.2, 0.25) is 0 Å². The highest BCUT2D eigenvalue weighted by molar-refractivity contribution is 5.89. The lowest BCUT2D eigenvalue weighted by Crippen LogP contribution is -3.15. The predicted molar refractivity (Wildman–Crippen MR) is 95.9 cm³/mol. The van der Waals surface area contributed by atoms with Crippen LogP contribution in [0, 0.1) is 0 Å². The van der Waals surface area contributed by atoms with Crippen molar-refractivity contribution >= 4 is 16.7 Å². The quantitative estimate of drug-likeness (QED) is 0.781. The van der Waals surface area contributed by atoms with Gasteiger partial charge in [-0.1, -0.05) is 30.3 Å². The zero-order chi connectivity index (χ0) is 16.2. The van der Waals surface area contributed by atoms with Gasteiger partial charge in [0.15, 0.2) is 5.58 Å². The van der Waals surface area contributed by atoms with Crippen LogP contribution in [0.5, 0.6) is 5.75 Å². The molecule has 0 radical (unpaired) electrons. The summed E-state index contributed by atoms with van der Waals surface area (Å²) in [6.07, 6.45) is 1.77. The number of nitrogens with one attached hydrogen (secondary N) is 1. The maximum atomic E-state index is 5.82. The summed E-state index contributed by atoms with van der Waals surface area (Å²) in [6, 6.07) is 18.5. The zero-order valence-electron chi connectivity index (χ0n) is 13.8. The Morgan fingerprint density at radius 2 is 1.79 bits per heavy atom. The molecule has 4 rings (SSSR count). The Hall–Kier alpha value is -2.46. The van der Waals surface area contributed by atoms with E-state index in [2.05, 4.69) is 23.1 Å². The number of nitrogens with zero attached hydrogens (tertiary/aromatic N) is 1. The van der Waals surface area contributed by atoms with Crippen molar-refractivity contribution in [1.82, 2.24) is 0 Å². The molecule has 1 aliphatic heterocycles. The number of hydrogen-bond acceptors (Lipinski definition) is 3. The molecule has 2 heterocycles. The molecule has 4 heteroatoms. The van der Waals surface area contributed by atoms with Crippen molar-refractivity contribution in [3.8, 4) is 5.75 Å². The Kier molecular flexibility index (Phi) is 4.38. The van der Waals surface area contributed by atoms with Gasteiger partial charge in [0.1, 0.15) is 18.9 Å². The van der Waals surface area contributed by atoms with Gasteiger partial charge in [-0.2, -0.15) is 0 Å². The Labute approximate surface area is 142 Å². The van der Waals surface area contributed by atoms with E-state index in [0.717, 1.165) is 50.7 Å². The Morgan fingerprint density at radius 3 is 2.62 bits per heavy atom. The average molecular weight is 323 g/mol. The largest absolute Gasteiger partial charge is 0.488 e. The molecule has 1 fully saturated rings. The maximum absolute atomic E-state index is 5.82. The fourth-order valence-electron chi connectivity index (χ4n) is 3.37. The van der Waals surface area contributed by atoms with E-state index in [-0.39, 0.29) is 0 Å². The van der Waals surface area contributed by atoms with Gasteiger partial charge >= 0.3 is 0 Å². The van der Waals surface area contributed by atoms with Crippen LogP contribution in [-0.4, -0.2) is 39.3 Å². The molecule has 24 heavy (non-hydrogen) atoms. The topological polar surface area (TPSA) is 30.1 Å². The fraction of sp³-hybridized carbons (Fsp3) is 0.300. The summed E-state index contributed by atoms with van der Waals surface area (Å²) in [4.78, 5) is 4.04. The maximum Gasteiger partial charge on any atom is 0.157 e. The minimum Gasteiger partial charge on any atom is -0.488 e. The summed E-state index contributed by atoms with van der Waals surface area (Å²) in [5.74, 6) is 0.958. The number of quaternary nitrogens is 1. The third-order valence-corrected chi connectivity index (χ3v) is 4.74. The standard InChI is InChI=1S/C20H22N2O2/c1-2-6-18(7-3-1)23-16-14-21-10-12-22(13-11-21)19-8-4-5-17-9-15-24-20(17)19/h1-9,15H,10-14,16H2/p+1. The highest BCUT2D eigenvalue weighted by Gasteiger charge is 2.22. The van der Waals surface area contributed by atoms with E-state index in [9.17, 15) is 0 Å². The number of furan rings is 1. The molecule has 0 amide bonds. The van der Waals surface area contributed by atoms with Crippen LogP contribution in [0.3, 0.4) is 0 Å². The summed E-state index contributed by atoms with van der Waals surface area (Å²) in [7, 11) is 0. The molecular weight excluding hydrogens is 300 g/mol. The molecule has 1 aromatic heterocycles. The number of benzene rings is 2. The Morgan fingerprint density at radius 1 is 0.958 bits per heavy atom. The molecule has 1 N–H and O–H groups in total. The number of anilines is 1. The van der Waals surface area contributed by atoms with Crippen molar-refractivity contribution in [2.45, 2.75) is 0 Å². The molecule has 0 aliphatic carbocycles. The second-order valence-electron chi connectivity index (χ2n) is 6.26. The highest BCUT2D eigenvalue weighted by Crippen LogP contribution is 2.27. The molecule has 0 spiro atoms. The molecule has 0 saturated carbocycles. The van der Waals surface area contributed by atoms with E-state index in [1.807, 2.05) is 36.4 Å². The molecule has 0 unspecified atom stereocenters. The van der Waals surface area contributed by atoms with E-state index in [1.165, 1.54) is 11.1 Å². The van der Waals surface area contributed by atoms with E-state index in [4.69, 9.17) is 9.15 Å². The van der Waals surface area contributed by atoms with Crippen LogP contribution in [0.2, 0.25) is 0 Å². The minimum atomic E-state index is 0.771. The van der Waals surface area contributed by atoms with Gasteiger partial charge in [-0.3, -0.25) is 0 Å². The number of fused-ring (bicyclic) bond motifs is 1. The van der Waals surface area contributed by atoms with Crippen LogP contribution >= 0.6 is 0 Å². The number of piperazine rings is 1. The van der Waals surface area contributed by atoms with Gasteiger partial charge in [0.05, 0.1) is 38.1 Å². The normalized spacial score (nSPS) is 15.8. The monoisotopic (exact) mass is 323 g/mol. The molecule has 0 bridgehead atoms. The highest BCUT2D eigenvalue weighted by atomic mass is 16.5. The van der Waals surface area contributed by atoms with E-state index >= 15 is 0 Å². The summed E-state index contributed by atoms with van der Waals surface area (Å²) in [6.45, 7) is 6.20. The van der Waals surface area contributed by atoms with Gasteiger partial charge in [-0.25, -0.2) is 0 Å². The van der Waals surface area contributed by atoms with Gasteiger partial charge in [0, 0.05) is 5.39 Å². The van der Waals surface area contributed by atoms with Crippen molar-refractivity contribution in [2.24, 2.45) is 0 Å². The summed E-state index contributed by atoms with van der Waals surface area (Å²) in [5.41, 5.74) is 2.23. The summed E-state index contributed by atoms with van der Waals surface area (Å²) in [5, 5.41) is 1.18. The number of hydrogen-bond donors (Lipinski definition) is 1. The second kappa shape index (κ2) is 6.97. The van der Waals surface area contributed by atoms with Crippen LogP contribution in [0.4, 0.5) is 5.69 Å². The lowest BCUT2D eigenvalue weighted by atomic mass is 10.2. The van der Waals surface area contributed by atoms with Gasteiger partial charge in [0.25, 0.3) is 0 Å². The lowest BCUT2D eigenvalue weighted by Gasteiger charge is -2.33. The minimum absolute atomic E-state index is 0.771. The number of para-hydroxylation sites is 2. The molecule has 1 aliphatic rings. The molecule has 0 atom stereocenters.